The monoisotopic (exact) mass is 376 g/mol. The first-order valence-electron chi connectivity index (χ1n) is 10.3. The second-order valence-electron chi connectivity index (χ2n) is 7.25. The first kappa shape index (κ1) is 19.8. The highest BCUT2D eigenvalue weighted by molar-refractivity contribution is 5.74. The second-order valence-corrected chi connectivity index (χ2v) is 7.25. The number of hydrogen-bond acceptors (Lipinski definition) is 4. The molecule has 0 saturated heterocycles. The summed E-state index contributed by atoms with van der Waals surface area (Å²) in [4.78, 5) is 14.2. The maximum atomic E-state index is 12.4. The molecule has 6 nitrogen and oxygen atoms in total. The second kappa shape index (κ2) is 10.4. The fourth-order valence-corrected chi connectivity index (χ4v) is 3.62. The maximum absolute atomic E-state index is 12.4. The van der Waals surface area contributed by atoms with E-state index in [0.717, 1.165) is 17.9 Å². The molecule has 0 radical (unpaired) electrons. The van der Waals surface area contributed by atoms with Crippen molar-refractivity contribution in [3.63, 3.8) is 0 Å². The van der Waals surface area contributed by atoms with Crippen LogP contribution in [-0.4, -0.2) is 56.0 Å². The van der Waals surface area contributed by atoms with Crippen LogP contribution < -0.4 is 14.8 Å². The van der Waals surface area contributed by atoms with Crippen LogP contribution in [0.25, 0.3) is 0 Å². The molecule has 27 heavy (non-hydrogen) atoms. The number of fused-ring (bicyclic) bond motifs is 1. The minimum absolute atomic E-state index is 0.0578. The molecule has 2 amide bonds. The van der Waals surface area contributed by atoms with E-state index < -0.39 is 0 Å². The van der Waals surface area contributed by atoms with E-state index in [1.807, 2.05) is 31.2 Å². The summed E-state index contributed by atoms with van der Waals surface area (Å²) in [7, 11) is 0. The van der Waals surface area contributed by atoms with Gasteiger partial charge in [-0.15, -0.1) is 0 Å². The molecule has 3 rings (SSSR count). The number of rotatable bonds is 8. The summed E-state index contributed by atoms with van der Waals surface area (Å²) in [6.07, 6.45) is 7.38. The Morgan fingerprint density at radius 3 is 2.78 bits per heavy atom. The van der Waals surface area contributed by atoms with Gasteiger partial charge in [0.2, 0.25) is 0 Å². The Morgan fingerprint density at radius 1 is 1.22 bits per heavy atom. The Labute approximate surface area is 162 Å². The van der Waals surface area contributed by atoms with Gasteiger partial charge in [0.05, 0.1) is 12.6 Å². The van der Waals surface area contributed by atoms with E-state index in [1.54, 1.807) is 4.90 Å². The topological polar surface area (TPSA) is 60.0 Å². The zero-order valence-corrected chi connectivity index (χ0v) is 16.3. The number of benzene rings is 1. The lowest BCUT2D eigenvalue weighted by molar-refractivity contribution is 0.0273. The molecule has 1 atom stereocenters. The number of para-hydroxylation sites is 2. The summed E-state index contributed by atoms with van der Waals surface area (Å²) < 4.78 is 17.6. The normalized spacial score (nSPS) is 19.5. The van der Waals surface area contributed by atoms with Gasteiger partial charge in [-0.3, -0.25) is 0 Å². The lowest BCUT2D eigenvalue weighted by Crippen LogP contribution is -2.47. The quantitative estimate of drug-likeness (QED) is 0.704. The third-order valence-electron chi connectivity index (χ3n) is 5.16. The van der Waals surface area contributed by atoms with E-state index in [0.29, 0.717) is 39.0 Å². The molecule has 1 heterocycles. The average Bonchev–Trinajstić information content (AvgIpc) is 2.72. The van der Waals surface area contributed by atoms with E-state index >= 15 is 0 Å². The molecule has 6 heteroatoms. The molecule has 0 bridgehead atoms. The van der Waals surface area contributed by atoms with Crippen LogP contribution in [0.3, 0.4) is 0 Å². The highest BCUT2D eigenvalue weighted by atomic mass is 16.6. The number of ether oxygens (including phenoxy) is 3. The summed E-state index contributed by atoms with van der Waals surface area (Å²) in [6, 6.07) is 7.57. The minimum atomic E-state index is -0.153. The fraction of sp³-hybridized carbons (Fsp3) is 0.667. The van der Waals surface area contributed by atoms with Crippen LogP contribution in [0, 0.1) is 0 Å². The predicted molar refractivity (Wildman–Crippen MR) is 104 cm³/mol. The number of carbonyl (C=O) groups is 1. The summed E-state index contributed by atoms with van der Waals surface area (Å²) in [6.45, 7) is 4.92. The van der Waals surface area contributed by atoms with E-state index in [4.69, 9.17) is 14.2 Å². The first-order chi connectivity index (χ1) is 13.3. The lowest BCUT2D eigenvalue weighted by atomic mass is 9.98. The number of hydrogen-bond donors (Lipinski definition) is 1. The Kier molecular flexibility index (Phi) is 7.63. The molecule has 1 fully saturated rings. The standard InChI is InChI=1S/C21H32N2O4/c1-2-23(15-18-16-26-19-11-6-7-12-20(19)27-18)21(24)22-13-8-14-25-17-9-4-3-5-10-17/h6-7,11-12,17-18H,2-5,8-10,13-16H2,1H3,(H,22,24). The fourth-order valence-electron chi connectivity index (χ4n) is 3.62. The zero-order valence-electron chi connectivity index (χ0n) is 16.3. The van der Waals surface area contributed by atoms with Crippen molar-refractivity contribution in [1.29, 1.82) is 0 Å². The SMILES string of the molecule is CCN(CC1COc2ccccc2O1)C(=O)NCCCOC1CCCCC1. The van der Waals surface area contributed by atoms with E-state index in [9.17, 15) is 4.79 Å². The zero-order chi connectivity index (χ0) is 18.9. The molecular formula is C21H32N2O4. The van der Waals surface area contributed by atoms with Crippen molar-refractivity contribution in [1.82, 2.24) is 10.2 Å². The third-order valence-corrected chi connectivity index (χ3v) is 5.16. The number of amides is 2. The summed E-state index contributed by atoms with van der Waals surface area (Å²) in [5, 5.41) is 2.99. The van der Waals surface area contributed by atoms with Crippen LogP contribution in [-0.2, 0) is 4.74 Å². The highest BCUT2D eigenvalue weighted by Crippen LogP contribution is 2.31. The molecule has 1 aliphatic heterocycles. The molecule has 1 aliphatic carbocycles. The van der Waals surface area contributed by atoms with Gasteiger partial charge in [-0.25, -0.2) is 4.79 Å². The minimum Gasteiger partial charge on any atom is -0.486 e. The molecule has 0 spiro atoms. The van der Waals surface area contributed by atoms with Gasteiger partial charge in [0.1, 0.15) is 6.61 Å². The van der Waals surface area contributed by atoms with Gasteiger partial charge in [-0.2, -0.15) is 0 Å². The molecule has 1 aromatic carbocycles. The van der Waals surface area contributed by atoms with Gasteiger partial charge >= 0.3 is 6.03 Å². The smallest absolute Gasteiger partial charge is 0.317 e. The van der Waals surface area contributed by atoms with Gasteiger partial charge < -0.3 is 24.4 Å². The summed E-state index contributed by atoms with van der Waals surface area (Å²) >= 11 is 0. The van der Waals surface area contributed by atoms with Crippen molar-refractivity contribution < 1.29 is 19.0 Å². The van der Waals surface area contributed by atoms with Gasteiger partial charge in [0.15, 0.2) is 17.6 Å². The molecule has 0 aromatic heterocycles. The molecule has 150 valence electrons. The van der Waals surface area contributed by atoms with E-state index in [-0.39, 0.29) is 12.1 Å². The molecular weight excluding hydrogens is 344 g/mol. The number of nitrogens with zero attached hydrogens (tertiary/aromatic N) is 1. The Balaban J connectivity index is 1.34. The summed E-state index contributed by atoms with van der Waals surface area (Å²) in [5.74, 6) is 1.50. The number of likely N-dealkylation sites (N-methyl/N-ethyl adjacent to an activating group) is 1. The van der Waals surface area contributed by atoms with Gasteiger partial charge in [-0.05, 0) is 38.3 Å². The van der Waals surface area contributed by atoms with E-state index in [2.05, 4.69) is 5.32 Å². The van der Waals surface area contributed by atoms with Crippen molar-refractivity contribution in [2.45, 2.75) is 57.7 Å². The Bertz CT molecular complexity index is 589. The number of nitrogens with one attached hydrogen (secondary N) is 1. The molecule has 1 saturated carbocycles. The molecule has 2 aliphatic rings. The highest BCUT2D eigenvalue weighted by Gasteiger charge is 2.24. The Morgan fingerprint density at radius 2 is 2.00 bits per heavy atom. The lowest BCUT2D eigenvalue weighted by Gasteiger charge is -2.31. The molecule has 1 aromatic rings. The van der Waals surface area contributed by atoms with Crippen molar-refractivity contribution >= 4 is 6.03 Å². The van der Waals surface area contributed by atoms with Crippen molar-refractivity contribution in [2.24, 2.45) is 0 Å². The molecule has 1 N–H and O–H groups in total. The number of urea groups is 1. The van der Waals surface area contributed by atoms with Crippen molar-refractivity contribution in [3.8, 4) is 11.5 Å². The average molecular weight is 376 g/mol. The summed E-state index contributed by atoms with van der Waals surface area (Å²) in [5.41, 5.74) is 0. The van der Waals surface area contributed by atoms with Crippen LogP contribution >= 0.6 is 0 Å². The van der Waals surface area contributed by atoms with Gasteiger partial charge in [0.25, 0.3) is 0 Å². The third kappa shape index (κ3) is 6.03. The van der Waals surface area contributed by atoms with Crippen LogP contribution in [0.1, 0.15) is 45.4 Å². The van der Waals surface area contributed by atoms with E-state index in [1.165, 1.54) is 32.1 Å². The first-order valence-corrected chi connectivity index (χ1v) is 10.3. The predicted octanol–water partition coefficient (Wildman–Crippen LogP) is 3.60. The van der Waals surface area contributed by atoms with Gasteiger partial charge in [0, 0.05) is 19.7 Å². The van der Waals surface area contributed by atoms with Crippen LogP contribution in [0.4, 0.5) is 4.79 Å². The van der Waals surface area contributed by atoms with Crippen LogP contribution in [0.2, 0.25) is 0 Å². The Hall–Kier alpha value is -1.95. The van der Waals surface area contributed by atoms with Crippen molar-refractivity contribution in [2.75, 3.05) is 32.8 Å². The van der Waals surface area contributed by atoms with Crippen molar-refractivity contribution in [3.05, 3.63) is 24.3 Å². The number of carbonyl (C=O) groups excluding carboxylic acids is 1. The van der Waals surface area contributed by atoms with Crippen LogP contribution in [0.5, 0.6) is 11.5 Å². The maximum Gasteiger partial charge on any atom is 0.317 e. The van der Waals surface area contributed by atoms with Crippen LogP contribution in [0.15, 0.2) is 24.3 Å². The largest absolute Gasteiger partial charge is 0.486 e. The van der Waals surface area contributed by atoms with Gasteiger partial charge in [-0.1, -0.05) is 31.4 Å². The molecule has 1 unspecified atom stereocenters.